The van der Waals surface area contributed by atoms with Crippen molar-refractivity contribution in [2.75, 3.05) is 11.5 Å². The molecule has 0 saturated heterocycles. The zero-order valence-corrected chi connectivity index (χ0v) is 17.4. The normalized spacial score (nSPS) is 24.7. The molecule has 160 valence electrons. The molecule has 0 aliphatic heterocycles. The fourth-order valence-electron chi connectivity index (χ4n) is 5.68. The van der Waals surface area contributed by atoms with Gasteiger partial charge in [0.2, 0.25) is 0 Å². The highest BCUT2D eigenvalue weighted by Gasteiger charge is 2.37. The largest absolute Gasteiger partial charge is 0.459 e. The molecule has 3 aliphatic carbocycles. The van der Waals surface area contributed by atoms with E-state index in [1.54, 1.807) is 24.3 Å². The number of rotatable bonds is 2. The molecule has 5 rings (SSSR count). The molecule has 2 fully saturated rings. The molecule has 0 bridgehead atoms. The van der Waals surface area contributed by atoms with Gasteiger partial charge in [0.15, 0.2) is 11.6 Å². The van der Waals surface area contributed by atoms with Crippen molar-refractivity contribution in [2.45, 2.75) is 51.0 Å². The van der Waals surface area contributed by atoms with Crippen molar-refractivity contribution in [1.29, 1.82) is 0 Å². The van der Waals surface area contributed by atoms with Gasteiger partial charge in [0.05, 0.1) is 11.3 Å². The van der Waals surface area contributed by atoms with Crippen LogP contribution in [0.3, 0.4) is 0 Å². The Bertz CT molecular complexity index is 1110. The van der Waals surface area contributed by atoms with E-state index in [1.165, 1.54) is 31.7 Å². The van der Waals surface area contributed by atoms with Gasteiger partial charge >= 0.3 is 5.97 Å². The van der Waals surface area contributed by atoms with Crippen LogP contribution in [0.5, 0.6) is 0 Å². The maximum Gasteiger partial charge on any atom is 0.342 e. The summed E-state index contributed by atoms with van der Waals surface area (Å²) in [6.45, 7) is 0. The summed E-state index contributed by atoms with van der Waals surface area (Å²) in [6, 6.07) is 7.98. The molecule has 0 spiro atoms. The summed E-state index contributed by atoms with van der Waals surface area (Å²) in [5.41, 5.74) is 13.2. The number of hydrogen-bond donors (Lipinski definition) is 2. The van der Waals surface area contributed by atoms with E-state index in [2.05, 4.69) is 0 Å². The molecular weight excluding hydrogens is 392 g/mol. The van der Waals surface area contributed by atoms with Crippen LogP contribution in [0, 0.1) is 11.8 Å². The van der Waals surface area contributed by atoms with E-state index < -0.39 is 5.97 Å². The molecule has 0 amide bonds. The molecule has 0 radical (unpaired) electrons. The molecule has 31 heavy (non-hydrogen) atoms. The van der Waals surface area contributed by atoms with Crippen LogP contribution in [0.4, 0.5) is 11.4 Å². The molecule has 4 N–H and O–H groups in total. The van der Waals surface area contributed by atoms with Gasteiger partial charge in [0, 0.05) is 22.4 Å². The lowest BCUT2D eigenvalue weighted by molar-refractivity contribution is -0.000738. The van der Waals surface area contributed by atoms with Crippen LogP contribution >= 0.6 is 0 Å². The highest BCUT2D eigenvalue weighted by Crippen LogP contribution is 2.42. The monoisotopic (exact) mass is 418 g/mol. The Morgan fingerprint density at radius 2 is 1.55 bits per heavy atom. The maximum atomic E-state index is 13.1. The zero-order chi connectivity index (χ0) is 21.7. The molecule has 2 saturated carbocycles. The summed E-state index contributed by atoms with van der Waals surface area (Å²) in [6.07, 6.45) is 7.61. The van der Waals surface area contributed by atoms with Gasteiger partial charge in [-0.1, -0.05) is 49.9 Å². The van der Waals surface area contributed by atoms with Crippen LogP contribution in [-0.4, -0.2) is 23.6 Å². The summed E-state index contributed by atoms with van der Waals surface area (Å²) >= 11 is 0. The van der Waals surface area contributed by atoms with E-state index in [0.29, 0.717) is 11.5 Å². The number of ketones is 2. The van der Waals surface area contributed by atoms with Crippen molar-refractivity contribution >= 4 is 28.9 Å². The van der Waals surface area contributed by atoms with Crippen LogP contribution in [-0.2, 0) is 4.74 Å². The first-order valence-corrected chi connectivity index (χ1v) is 11.1. The van der Waals surface area contributed by atoms with Gasteiger partial charge in [-0.25, -0.2) is 4.79 Å². The van der Waals surface area contributed by atoms with Crippen molar-refractivity contribution < 1.29 is 19.1 Å². The predicted octanol–water partition coefficient (Wildman–Crippen LogP) is 4.14. The van der Waals surface area contributed by atoms with Crippen molar-refractivity contribution in [3.8, 4) is 0 Å². The Morgan fingerprint density at radius 3 is 2.29 bits per heavy atom. The third-order valence-electron chi connectivity index (χ3n) is 7.25. The molecular formula is C25H26N2O4. The Balaban J connectivity index is 1.45. The second kappa shape index (κ2) is 7.52. The molecule has 3 atom stereocenters. The lowest BCUT2D eigenvalue weighted by Crippen LogP contribution is -2.33. The van der Waals surface area contributed by atoms with Crippen molar-refractivity contribution in [3.05, 3.63) is 58.1 Å². The number of ether oxygens (including phenoxy) is 1. The van der Waals surface area contributed by atoms with Gasteiger partial charge in [-0.3, -0.25) is 9.59 Å². The first-order chi connectivity index (χ1) is 15.0. The Morgan fingerprint density at radius 1 is 0.871 bits per heavy atom. The number of hydrogen-bond acceptors (Lipinski definition) is 6. The van der Waals surface area contributed by atoms with Gasteiger partial charge in [0.1, 0.15) is 11.7 Å². The van der Waals surface area contributed by atoms with Crippen molar-refractivity contribution in [2.24, 2.45) is 11.8 Å². The Labute approximate surface area is 180 Å². The van der Waals surface area contributed by atoms with Crippen LogP contribution in [0.15, 0.2) is 30.3 Å². The number of benzene rings is 2. The molecule has 0 aromatic heterocycles. The fraction of sp³-hybridized carbons (Fsp3) is 0.400. The lowest BCUT2D eigenvalue weighted by Gasteiger charge is -2.38. The smallest absolute Gasteiger partial charge is 0.342 e. The Hall–Kier alpha value is -3.15. The third-order valence-corrected chi connectivity index (χ3v) is 7.25. The molecule has 2 aromatic carbocycles. The van der Waals surface area contributed by atoms with E-state index in [9.17, 15) is 14.4 Å². The quantitative estimate of drug-likeness (QED) is 0.478. The molecule has 0 heterocycles. The summed E-state index contributed by atoms with van der Waals surface area (Å²) < 4.78 is 5.82. The summed E-state index contributed by atoms with van der Waals surface area (Å²) in [4.78, 5) is 39.0. The van der Waals surface area contributed by atoms with E-state index in [0.717, 1.165) is 25.2 Å². The number of carbonyl (C=O) groups excluding carboxylic acids is 3. The number of nitrogens with two attached hydrogens (primary N) is 2. The zero-order valence-electron chi connectivity index (χ0n) is 17.4. The first-order valence-electron chi connectivity index (χ1n) is 11.1. The summed E-state index contributed by atoms with van der Waals surface area (Å²) in [5, 5.41) is 0. The van der Waals surface area contributed by atoms with Crippen molar-refractivity contribution in [3.63, 3.8) is 0 Å². The first kappa shape index (κ1) is 19.8. The van der Waals surface area contributed by atoms with Gasteiger partial charge in [-0.05, 0) is 37.2 Å². The Kier molecular flexibility index (Phi) is 4.80. The molecule has 6 nitrogen and oxygen atoms in total. The number of anilines is 2. The maximum absolute atomic E-state index is 13.1. The predicted molar refractivity (Wildman–Crippen MR) is 117 cm³/mol. The van der Waals surface area contributed by atoms with Gasteiger partial charge in [-0.15, -0.1) is 0 Å². The number of nitrogen functional groups attached to an aromatic ring is 2. The van der Waals surface area contributed by atoms with Crippen molar-refractivity contribution in [1.82, 2.24) is 0 Å². The molecule has 6 heteroatoms. The second-order valence-electron chi connectivity index (χ2n) is 9.03. The minimum absolute atomic E-state index is 0.00921. The fourth-order valence-corrected chi connectivity index (χ4v) is 5.68. The molecule has 3 unspecified atom stereocenters. The average Bonchev–Trinajstić information content (AvgIpc) is 2.77. The SMILES string of the molecule is Nc1cc2c(c(N)c1C(=O)OC1CCC3CCCCC3C1)C(=O)c1ccccc1C2=O. The second-order valence-corrected chi connectivity index (χ2v) is 9.03. The van der Waals surface area contributed by atoms with E-state index in [-0.39, 0.29) is 51.3 Å². The minimum Gasteiger partial charge on any atom is -0.459 e. The summed E-state index contributed by atoms with van der Waals surface area (Å²) in [7, 11) is 0. The topological polar surface area (TPSA) is 112 Å². The highest BCUT2D eigenvalue weighted by atomic mass is 16.5. The van der Waals surface area contributed by atoms with Crippen LogP contribution in [0.2, 0.25) is 0 Å². The van der Waals surface area contributed by atoms with Gasteiger partial charge < -0.3 is 16.2 Å². The third kappa shape index (κ3) is 3.21. The minimum atomic E-state index is -0.615. The number of esters is 1. The van der Waals surface area contributed by atoms with Crippen LogP contribution < -0.4 is 11.5 Å². The highest BCUT2D eigenvalue weighted by molar-refractivity contribution is 6.31. The molecule has 3 aliphatic rings. The standard InChI is InChI=1S/C25H26N2O4/c26-19-12-18-20(24(29)17-8-4-3-7-16(17)23(18)28)22(27)21(19)25(30)31-15-10-9-13-5-1-2-6-14(13)11-15/h3-4,7-8,12-15H,1-2,5-6,9-11,26-27H2. The van der Waals surface area contributed by atoms with Gasteiger partial charge in [-0.2, -0.15) is 0 Å². The summed E-state index contributed by atoms with van der Waals surface area (Å²) in [5.74, 6) is 0.0373. The average molecular weight is 418 g/mol. The van der Waals surface area contributed by atoms with Crippen LogP contribution in [0.1, 0.15) is 87.1 Å². The number of carbonyl (C=O) groups is 3. The lowest BCUT2D eigenvalue weighted by atomic mass is 9.70. The van der Waals surface area contributed by atoms with E-state index in [1.807, 2.05) is 0 Å². The van der Waals surface area contributed by atoms with E-state index in [4.69, 9.17) is 16.2 Å². The number of fused-ring (bicyclic) bond motifs is 3. The molecule has 2 aromatic rings. The van der Waals surface area contributed by atoms with Crippen LogP contribution in [0.25, 0.3) is 0 Å². The van der Waals surface area contributed by atoms with E-state index >= 15 is 0 Å². The van der Waals surface area contributed by atoms with Gasteiger partial charge in [0.25, 0.3) is 0 Å².